The molecule has 0 aromatic heterocycles. The Morgan fingerprint density at radius 3 is 2.65 bits per heavy atom. The molecule has 0 spiro atoms. The normalized spacial score (nSPS) is 25.0. The summed E-state index contributed by atoms with van der Waals surface area (Å²) in [6, 6.07) is 3.95. The maximum Gasteiger partial charge on any atom is 0.417 e. The average Bonchev–Trinajstić information content (AvgIpc) is 2.83. The van der Waals surface area contributed by atoms with Crippen LogP contribution in [0.15, 0.2) is 18.2 Å². The van der Waals surface area contributed by atoms with Crippen molar-refractivity contribution >= 4 is 18.3 Å². The van der Waals surface area contributed by atoms with Crippen LogP contribution in [-0.4, -0.2) is 37.0 Å². The van der Waals surface area contributed by atoms with Gasteiger partial charge in [0.15, 0.2) is 0 Å². The molecule has 2 aliphatic heterocycles. The predicted octanol–water partition coefficient (Wildman–Crippen LogP) is 2.27. The highest BCUT2D eigenvalue weighted by molar-refractivity contribution is 5.99. The fraction of sp³-hybridized carbons (Fsp3) is 0.462. The van der Waals surface area contributed by atoms with E-state index in [1.54, 1.807) is 13.1 Å². The Morgan fingerprint density at radius 1 is 1.30 bits per heavy atom. The zero-order chi connectivity index (χ0) is 13.8. The van der Waals surface area contributed by atoms with Crippen molar-refractivity contribution in [2.24, 2.45) is 0 Å². The highest BCUT2D eigenvalue weighted by Gasteiger charge is 2.45. The molecule has 0 unspecified atom stereocenters. The monoisotopic (exact) mass is 306 g/mol. The third-order valence-corrected chi connectivity index (χ3v) is 4.02. The van der Waals surface area contributed by atoms with Gasteiger partial charge in [0.05, 0.1) is 17.2 Å². The maximum absolute atomic E-state index is 13.0. The summed E-state index contributed by atoms with van der Waals surface area (Å²) < 4.78 is 39.1. The minimum Gasteiger partial charge on any atom is -0.337 e. The Labute approximate surface area is 120 Å². The van der Waals surface area contributed by atoms with Gasteiger partial charge in [-0.1, -0.05) is 12.1 Å². The van der Waals surface area contributed by atoms with Gasteiger partial charge >= 0.3 is 6.18 Å². The zero-order valence-corrected chi connectivity index (χ0v) is 11.5. The molecule has 0 aliphatic carbocycles. The van der Waals surface area contributed by atoms with Gasteiger partial charge in [0.2, 0.25) is 0 Å². The third kappa shape index (κ3) is 2.07. The van der Waals surface area contributed by atoms with Gasteiger partial charge in [-0.25, -0.2) is 0 Å². The summed E-state index contributed by atoms with van der Waals surface area (Å²) in [6.07, 6.45) is -4.50. The molecular weight excluding hydrogens is 293 g/mol. The van der Waals surface area contributed by atoms with Gasteiger partial charge in [0.25, 0.3) is 5.91 Å². The van der Waals surface area contributed by atoms with Gasteiger partial charge in [0, 0.05) is 26.1 Å². The number of amides is 1. The minimum atomic E-state index is -4.50. The Morgan fingerprint density at radius 2 is 2.00 bits per heavy atom. The molecule has 1 aromatic carbocycles. The number of likely N-dealkylation sites (N-methyl/N-ethyl adjacent to an activating group) is 1. The van der Waals surface area contributed by atoms with Crippen LogP contribution in [0.2, 0.25) is 0 Å². The smallest absolute Gasteiger partial charge is 0.337 e. The first-order valence-corrected chi connectivity index (χ1v) is 6.09. The van der Waals surface area contributed by atoms with Crippen molar-refractivity contribution in [1.82, 2.24) is 10.2 Å². The number of carbonyl (C=O) groups excluding carboxylic acids is 1. The van der Waals surface area contributed by atoms with Gasteiger partial charge in [-0.15, -0.1) is 12.4 Å². The Hall–Kier alpha value is -1.27. The molecule has 0 radical (unpaired) electrons. The van der Waals surface area contributed by atoms with E-state index in [-0.39, 0.29) is 29.9 Å². The topological polar surface area (TPSA) is 32.3 Å². The van der Waals surface area contributed by atoms with E-state index >= 15 is 0 Å². The average molecular weight is 307 g/mol. The van der Waals surface area contributed by atoms with Gasteiger partial charge in [-0.2, -0.15) is 13.2 Å². The lowest BCUT2D eigenvalue weighted by molar-refractivity contribution is -0.138. The van der Waals surface area contributed by atoms with Crippen molar-refractivity contribution < 1.29 is 18.0 Å². The summed E-state index contributed by atoms with van der Waals surface area (Å²) in [5, 5.41) is 3.14. The number of hydrogen-bond donors (Lipinski definition) is 1. The second kappa shape index (κ2) is 4.93. The van der Waals surface area contributed by atoms with Gasteiger partial charge in [-0.05, 0) is 11.6 Å². The Bertz CT molecular complexity index is 547. The molecule has 3 rings (SSSR count). The van der Waals surface area contributed by atoms with E-state index in [4.69, 9.17) is 0 Å². The van der Waals surface area contributed by atoms with Crippen LogP contribution in [0.25, 0.3) is 0 Å². The van der Waals surface area contributed by atoms with Crippen LogP contribution < -0.4 is 5.32 Å². The van der Waals surface area contributed by atoms with E-state index < -0.39 is 17.6 Å². The first-order chi connectivity index (χ1) is 8.91. The van der Waals surface area contributed by atoms with Crippen molar-refractivity contribution in [2.45, 2.75) is 18.1 Å². The standard InChI is InChI=1S/C13H13F3N2O.ClH/c1-18-10-6-17-5-8(10)7-3-2-4-9(13(14,15)16)11(7)12(18)19;/h2-4,8,10,17H,5-6H2,1H3;1H/t8-,10-;/m0./s1. The molecule has 7 heteroatoms. The summed E-state index contributed by atoms with van der Waals surface area (Å²) in [6.45, 7) is 1.24. The summed E-state index contributed by atoms with van der Waals surface area (Å²) in [7, 11) is 1.57. The molecule has 3 nitrogen and oxygen atoms in total. The van der Waals surface area contributed by atoms with E-state index in [0.717, 1.165) is 6.07 Å². The second-order valence-electron chi connectivity index (χ2n) is 5.02. The van der Waals surface area contributed by atoms with Crippen LogP contribution in [0.3, 0.4) is 0 Å². The lowest BCUT2D eigenvalue weighted by Crippen LogP contribution is -2.46. The van der Waals surface area contributed by atoms with Crippen molar-refractivity contribution in [1.29, 1.82) is 0 Å². The molecule has 2 atom stereocenters. The number of nitrogens with zero attached hydrogens (tertiary/aromatic N) is 1. The maximum atomic E-state index is 13.0. The summed E-state index contributed by atoms with van der Waals surface area (Å²) >= 11 is 0. The molecule has 1 aromatic rings. The van der Waals surface area contributed by atoms with E-state index in [0.29, 0.717) is 18.7 Å². The number of nitrogens with one attached hydrogen (secondary N) is 1. The highest BCUT2D eigenvalue weighted by atomic mass is 35.5. The lowest BCUT2D eigenvalue weighted by atomic mass is 9.83. The van der Waals surface area contributed by atoms with Gasteiger partial charge in [-0.3, -0.25) is 4.79 Å². The number of carbonyl (C=O) groups is 1. The highest BCUT2D eigenvalue weighted by Crippen LogP contribution is 2.41. The molecule has 1 saturated heterocycles. The van der Waals surface area contributed by atoms with Crippen LogP contribution in [0.4, 0.5) is 13.2 Å². The van der Waals surface area contributed by atoms with Gasteiger partial charge < -0.3 is 10.2 Å². The Balaban J connectivity index is 0.00000147. The van der Waals surface area contributed by atoms with E-state index in [1.165, 1.54) is 11.0 Å². The molecule has 1 fully saturated rings. The molecule has 2 heterocycles. The molecular formula is C13H14ClF3N2O. The first-order valence-electron chi connectivity index (χ1n) is 6.09. The Kier molecular flexibility index (Phi) is 3.73. The van der Waals surface area contributed by atoms with Gasteiger partial charge in [0.1, 0.15) is 0 Å². The third-order valence-electron chi connectivity index (χ3n) is 4.02. The van der Waals surface area contributed by atoms with Crippen molar-refractivity contribution in [2.75, 3.05) is 20.1 Å². The van der Waals surface area contributed by atoms with E-state index in [2.05, 4.69) is 5.32 Å². The van der Waals surface area contributed by atoms with E-state index in [9.17, 15) is 18.0 Å². The first kappa shape index (κ1) is 15.1. The summed E-state index contributed by atoms with van der Waals surface area (Å²) in [5.41, 5.74) is -0.484. The number of alkyl halides is 3. The number of benzene rings is 1. The van der Waals surface area contributed by atoms with Crippen LogP contribution in [0, 0.1) is 0 Å². The molecule has 1 N–H and O–H groups in total. The van der Waals surface area contributed by atoms with Crippen molar-refractivity contribution in [3.63, 3.8) is 0 Å². The van der Waals surface area contributed by atoms with Crippen LogP contribution in [-0.2, 0) is 6.18 Å². The molecule has 20 heavy (non-hydrogen) atoms. The number of rotatable bonds is 0. The SMILES string of the molecule is CN1C(=O)c2c(cccc2C(F)(F)F)[C@@H]2CNC[C@@H]21.Cl. The molecule has 1 amide bonds. The second-order valence-corrected chi connectivity index (χ2v) is 5.02. The fourth-order valence-corrected chi connectivity index (χ4v) is 3.07. The largest absolute Gasteiger partial charge is 0.417 e. The minimum absolute atomic E-state index is 0. The van der Waals surface area contributed by atoms with Crippen LogP contribution in [0.5, 0.6) is 0 Å². The number of hydrogen-bond acceptors (Lipinski definition) is 2. The van der Waals surface area contributed by atoms with Crippen LogP contribution >= 0.6 is 12.4 Å². The zero-order valence-electron chi connectivity index (χ0n) is 10.7. The lowest BCUT2D eigenvalue weighted by Gasteiger charge is -2.36. The number of fused-ring (bicyclic) bond motifs is 3. The quantitative estimate of drug-likeness (QED) is 0.797. The van der Waals surface area contributed by atoms with Crippen molar-refractivity contribution in [3.8, 4) is 0 Å². The molecule has 0 saturated carbocycles. The predicted molar refractivity (Wildman–Crippen MR) is 70.2 cm³/mol. The molecule has 2 aliphatic rings. The van der Waals surface area contributed by atoms with Crippen molar-refractivity contribution in [3.05, 3.63) is 34.9 Å². The number of halogens is 4. The molecule has 110 valence electrons. The van der Waals surface area contributed by atoms with E-state index in [1.807, 2.05) is 0 Å². The fourth-order valence-electron chi connectivity index (χ4n) is 3.07. The molecule has 0 bridgehead atoms. The summed E-state index contributed by atoms with van der Waals surface area (Å²) in [4.78, 5) is 13.7. The van der Waals surface area contributed by atoms with Crippen LogP contribution in [0.1, 0.15) is 27.4 Å². The summed E-state index contributed by atoms with van der Waals surface area (Å²) in [5.74, 6) is -0.590.